The maximum Gasteiger partial charge on any atom is 0.143 e. The first-order valence-electron chi connectivity index (χ1n) is 6.52. The molecule has 2 aromatic heterocycles. The Bertz CT molecular complexity index is 811. The SMILES string of the molecule is CC(=O)C(c1ccc(Cl)cc1)c1ncnc2scc(C)c12. The standard InChI is InChI=1S/C16H13ClN2OS/c1-9-7-21-16-13(9)15(18-8-19-16)14(10(2)20)11-3-5-12(17)6-4-11/h3-8,14H,1-2H3. The Balaban J connectivity index is 2.23. The lowest BCUT2D eigenvalue weighted by atomic mass is 9.90. The molecular weight excluding hydrogens is 304 g/mol. The molecule has 0 saturated carbocycles. The van der Waals surface area contributed by atoms with E-state index in [0.29, 0.717) is 5.02 Å². The van der Waals surface area contributed by atoms with Crippen molar-refractivity contribution in [1.29, 1.82) is 0 Å². The van der Waals surface area contributed by atoms with Crippen LogP contribution in [0.4, 0.5) is 0 Å². The van der Waals surface area contributed by atoms with Gasteiger partial charge in [-0.1, -0.05) is 23.7 Å². The molecule has 1 unspecified atom stereocenters. The van der Waals surface area contributed by atoms with Crippen molar-refractivity contribution < 1.29 is 4.79 Å². The van der Waals surface area contributed by atoms with Gasteiger partial charge in [0, 0.05) is 10.4 Å². The predicted molar refractivity (Wildman–Crippen MR) is 86.1 cm³/mol. The normalized spacial score (nSPS) is 12.5. The van der Waals surface area contributed by atoms with Crippen molar-refractivity contribution >= 4 is 38.9 Å². The number of aromatic nitrogens is 2. The van der Waals surface area contributed by atoms with E-state index in [4.69, 9.17) is 11.6 Å². The van der Waals surface area contributed by atoms with E-state index in [2.05, 4.69) is 9.97 Å². The predicted octanol–water partition coefficient (Wildman–Crippen LogP) is 4.37. The minimum Gasteiger partial charge on any atom is -0.299 e. The molecule has 1 aromatic carbocycles. The second kappa shape index (κ2) is 5.54. The van der Waals surface area contributed by atoms with Crippen LogP contribution in [0.15, 0.2) is 36.0 Å². The van der Waals surface area contributed by atoms with Crippen LogP contribution in [0, 0.1) is 6.92 Å². The molecule has 0 aliphatic rings. The van der Waals surface area contributed by atoms with Gasteiger partial charge in [0.2, 0.25) is 0 Å². The molecule has 1 atom stereocenters. The van der Waals surface area contributed by atoms with Crippen molar-refractivity contribution in [3.63, 3.8) is 0 Å². The van der Waals surface area contributed by atoms with Crippen LogP contribution in [-0.4, -0.2) is 15.8 Å². The van der Waals surface area contributed by atoms with Crippen molar-refractivity contribution in [2.45, 2.75) is 19.8 Å². The highest BCUT2D eigenvalue weighted by Crippen LogP contribution is 2.33. The third kappa shape index (κ3) is 2.57. The fourth-order valence-corrected chi connectivity index (χ4v) is 3.53. The molecule has 0 spiro atoms. The summed E-state index contributed by atoms with van der Waals surface area (Å²) in [5.41, 5.74) is 2.77. The average Bonchev–Trinajstić information content (AvgIpc) is 2.84. The molecule has 0 aliphatic carbocycles. The van der Waals surface area contributed by atoms with Gasteiger partial charge in [0.15, 0.2) is 0 Å². The molecule has 0 saturated heterocycles. The van der Waals surface area contributed by atoms with Crippen LogP contribution >= 0.6 is 22.9 Å². The number of Topliss-reactive ketones (excluding diaryl/α,β-unsaturated/α-hetero) is 1. The second-order valence-corrected chi connectivity index (χ2v) is 6.25. The number of carbonyl (C=O) groups excluding carboxylic acids is 1. The average molecular weight is 317 g/mol. The number of hydrogen-bond acceptors (Lipinski definition) is 4. The number of halogens is 1. The Morgan fingerprint density at radius 3 is 2.62 bits per heavy atom. The van der Waals surface area contributed by atoms with Gasteiger partial charge >= 0.3 is 0 Å². The molecule has 3 rings (SSSR count). The van der Waals surface area contributed by atoms with Gasteiger partial charge in [0.25, 0.3) is 0 Å². The largest absolute Gasteiger partial charge is 0.299 e. The lowest BCUT2D eigenvalue weighted by Crippen LogP contribution is -2.13. The van der Waals surface area contributed by atoms with E-state index in [9.17, 15) is 4.79 Å². The van der Waals surface area contributed by atoms with Crippen molar-refractivity contribution in [2.75, 3.05) is 0 Å². The molecule has 5 heteroatoms. The number of ketones is 1. The number of hydrogen-bond donors (Lipinski definition) is 0. The number of aryl methyl sites for hydroxylation is 1. The topological polar surface area (TPSA) is 42.9 Å². The van der Waals surface area contributed by atoms with Crippen LogP contribution < -0.4 is 0 Å². The van der Waals surface area contributed by atoms with Gasteiger partial charge < -0.3 is 0 Å². The Hall–Kier alpha value is -1.78. The van der Waals surface area contributed by atoms with Crippen molar-refractivity contribution in [3.05, 3.63) is 57.8 Å². The third-order valence-corrected chi connectivity index (χ3v) is 4.72. The summed E-state index contributed by atoms with van der Waals surface area (Å²) in [7, 11) is 0. The quantitative estimate of drug-likeness (QED) is 0.720. The lowest BCUT2D eigenvalue weighted by molar-refractivity contribution is -0.117. The van der Waals surface area contributed by atoms with Crippen LogP contribution in [0.25, 0.3) is 10.2 Å². The van der Waals surface area contributed by atoms with E-state index in [0.717, 1.165) is 27.0 Å². The number of carbonyl (C=O) groups is 1. The molecule has 3 nitrogen and oxygen atoms in total. The molecule has 3 aromatic rings. The van der Waals surface area contributed by atoms with Gasteiger partial charge in [0.05, 0.1) is 11.6 Å². The fraction of sp³-hybridized carbons (Fsp3) is 0.188. The minimum atomic E-state index is -0.388. The number of benzene rings is 1. The molecule has 106 valence electrons. The first-order valence-corrected chi connectivity index (χ1v) is 7.78. The van der Waals surface area contributed by atoms with Gasteiger partial charge in [-0.2, -0.15) is 0 Å². The van der Waals surface area contributed by atoms with Crippen LogP contribution in [0.3, 0.4) is 0 Å². The lowest BCUT2D eigenvalue weighted by Gasteiger charge is -2.15. The molecule has 0 amide bonds. The Labute approximate surface area is 131 Å². The minimum absolute atomic E-state index is 0.0583. The highest BCUT2D eigenvalue weighted by Gasteiger charge is 2.24. The van der Waals surface area contributed by atoms with Gasteiger partial charge in [0.1, 0.15) is 16.9 Å². The van der Waals surface area contributed by atoms with E-state index in [1.165, 1.54) is 6.33 Å². The molecule has 0 radical (unpaired) electrons. The van der Waals surface area contributed by atoms with E-state index >= 15 is 0 Å². The van der Waals surface area contributed by atoms with Crippen LogP contribution in [0.1, 0.15) is 29.7 Å². The summed E-state index contributed by atoms with van der Waals surface area (Å²) < 4.78 is 0. The first kappa shape index (κ1) is 14.2. The fourth-order valence-electron chi connectivity index (χ4n) is 2.50. The number of fused-ring (bicyclic) bond motifs is 1. The Morgan fingerprint density at radius 1 is 1.24 bits per heavy atom. The van der Waals surface area contributed by atoms with Gasteiger partial charge in [-0.3, -0.25) is 4.79 Å². The zero-order valence-corrected chi connectivity index (χ0v) is 13.2. The molecule has 0 N–H and O–H groups in total. The number of nitrogens with zero attached hydrogens (tertiary/aromatic N) is 2. The maximum absolute atomic E-state index is 12.2. The zero-order chi connectivity index (χ0) is 15.0. The third-order valence-electron chi connectivity index (χ3n) is 3.47. The summed E-state index contributed by atoms with van der Waals surface area (Å²) in [4.78, 5) is 21.8. The van der Waals surface area contributed by atoms with Crippen molar-refractivity contribution in [3.8, 4) is 0 Å². The van der Waals surface area contributed by atoms with E-state index in [1.54, 1.807) is 30.4 Å². The summed E-state index contributed by atoms with van der Waals surface area (Å²) in [5, 5.41) is 3.68. The van der Waals surface area contributed by atoms with E-state index in [1.807, 2.05) is 24.4 Å². The summed E-state index contributed by atoms with van der Waals surface area (Å²) in [6, 6.07) is 7.35. The van der Waals surface area contributed by atoms with Gasteiger partial charge in [-0.15, -0.1) is 11.3 Å². The summed E-state index contributed by atoms with van der Waals surface area (Å²) in [5.74, 6) is -0.330. The molecular formula is C16H13ClN2OS. The van der Waals surface area contributed by atoms with Crippen LogP contribution in [0.5, 0.6) is 0 Å². The van der Waals surface area contributed by atoms with Crippen molar-refractivity contribution in [1.82, 2.24) is 9.97 Å². The molecule has 0 fully saturated rings. The van der Waals surface area contributed by atoms with Crippen molar-refractivity contribution in [2.24, 2.45) is 0 Å². The number of rotatable bonds is 3. The molecule has 0 aliphatic heterocycles. The highest BCUT2D eigenvalue weighted by atomic mass is 35.5. The highest BCUT2D eigenvalue weighted by molar-refractivity contribution is 7.16. The van der Waals surface area contributed by atoms with E-state index in [-0.39, 0.29) is 11.7 Å². The zero-order valence-electron chi connectivity index (χ0n) is 11.6. The van der Waals surface area contributed by atoms with Gasteiger partial charge in [-0.05, 0) is 42.5 Å². The maximum atomic E-state index is 12.2. The molecule has 0 bridgehead atoms. The Kier molecular flexibility index (Phi) is 3.74. The summed E-state index contributed by atoms with van der Waals surface area (Å²) in [6.07, 6.45) is 1.53. The molecule has 2 heterocycles. The van der Waals surface area contributed by atoms with Gasteiger partial charge in [-0.25, -0.2) is 9.97 Å². The van der Waals surface area contributed by atoms with Crippen LogP contribution in [0.2, 0.25) is 5.02 Å². The smallest absolute Gasteiger partial charge is 0.143 e. The second-order valence-electron chi connectivity index (χ2n) is 4.95. The summed E-state index contributed by atoms with van der Waals surface area (Å²) in [6.45, 7) is 3.61. The monoisotopic (exact) mass is 316 g/mol. The Morgan fingerprint density at radius 2 is 1.95 bits per heavy atom. The molecule has 21 heavy (non-hydrogen) atoms. The number of thiophene rings is 1. The van der Waals surface area contributed by atoms with E-state index < -0.39 is 0 Å². The summed E-state index contributed by atoms with van der Waals surface area (Å²) >= 11 is 7.51. The first-order chi connectivity index (χ1) is 10.1. The van der Waals surface area contributed by atoms with Crippen LogP contribution in [-0.2, 0) is 4.79 Å².